The van der Waals surface area contributed by atoms with Crippen LogP contribution in [0.1, 0.15) is 46.0 Å². The first kappa shape index (κ1) is 16.8. The predicted molar refractivity (Wildman–Crippen MR) is 85.4 cm³/mol. The molecule has 1 atom stereocenters. The van der Waals surface area contributed by atoms with Gasteiger partial charge in [-0.3, -0.25) is 4.79 Å². The summed E-state index contributed by atoms with van der Waals surface area (Å²) >= 11 is 0. The lowest BCUT2D eigenvalue weighted by atomic mass is 10.1. The second kappa shape index (κ2) is 7.13. The Bertz CT molecular complexity index is 688. The molecule has 2 heterocycles. The fourth-order valence-corrected chi connectivity index (χ4v) is 2.54. The van der Waals surface area contributed by atoms with E-state index in [0.717, 1.165) is 0 Å². The van der Waals surface area contributed by atoms with Crippen molar-refractivity contribution in [2.24, 2.45) is 0 Å². The van der Waals surface area contributed by atoms with Crippen LogP contribution in [0.25, 0.3) is 0 Å². The quantitative estimate of drug-likeness (QED) is 0.795. The summed E-state index contributed by atoms with van der Waals surface area (Å²) in [5.41, 5.74) is 2.06. The van der Waals surface area contributed by atoms with Gasteiger partial charge in [0, 0.05) is 30.7 Å². The van der Waals surface area contributed by atoms with Crippen molar-refractivity contribution in [3.63, 3.8) is 0 Å². The smallest absolute Gasteiger partial charge is 0.340 e. The fraction of sp³-hybridized carbons (Fsp3) is 0.438. The van der Waals surface area contributed by atoms with Crippen LogP contribution in [0, 0.1) is 13.8 Å². The molecule has 23 heavy (non-hydrogen) atoms. The number of carbonyl (C=O) groups is 2. The zero-order valence-corrected chi connectivity index (χ0v) is 13.8. The Kier molecular flexibility index (Phi) is 5.20. The number of rotatable bonds is 6. The predicted octanol–water partition coefficient (Wildman–Crippen LogP) is 1.82. The lowest BCUT2D eigenvalue weighted by Gasteiger charge is -2.14. The Balaban J connectivity index is 2.10. The van der Waals surface area contributed by atoms with E-state index in [2.05, 4.69) is 15.3 Å². The number of hydrogen-bond donors (Lipinski definition) is 2. The molecule has 0 unspecified atom stereocenters. The van der Waals surface area contributed by atoms with Gasteiger partial charge in [-0.15, -0.1) is 0 Å². The SMILES string of the molecule is CCOC(=O)c1c(C)[nH]c(C(=O)N[C@H](C)Cn2ccnc2)c1C. The van der Waals surface area contributed by atoms with Crippen LogP contribution in [0.2, 0.25) is 0 Å². The zero-order valence-electron chi connectivity index (χ0n) is 13.8. The number of aromatic amines is 1. The fourth-order valence-electron chi connectivity index (χ4n) is 2.54. The minimum Gasteiger partial charge on any atom is -0.462 e. The average molecular weight is 318 g/mol. The molecule has 0 bridgehead atoms. The van der Waals surface area contributed by atoms with Crippen LogP contribution < -0.4 is 5.32 Å². The number of nitrogens with one attached hydrogen (secondary N) is 2. The number of imidazole rings is 1. The van der Waals surface area contributed by atoms with Gasteiger partial charge in [0.2, 0.25) is 0 Å². The Morgan fingerprint density at radius 2 is 2.17 bits per heavy atom. The normalized spacial score (nSPS) is 12.0. The van der Waals surface area contributed by atoms with Gasteiger partial charge in [0.15, 0.2) is 0 Å². The summed E-state index contributed by atoms with van der Waals surface area (Å²) in [4.78, 5) is 31.4. The second-order valence-electron chi connectivity index (χ2n) is 5.48. The molecule has 2 rings (SSSR count). The van der Waals surface area contributed by atoms with Gasteiger partial charge in [-0.25, -0.2) is 9.78 Å². The van der Waals surface area contributed by atoms with E-state index in [4.69, 9.17) is 4.74 Å². The van der Waals surface area contributed by atoms with Crippen LogP contribution >= 0.6 is 0 Å². The van der Waals surface area contributed by atoms with Crippen molar-refractivity contribution in [1.82, 2.24) is 19.9 Å². The summed E-state index contributed by atoms with van der Waals surface area (Å²) in [5.74, 6) is -0.655. The first-order valence-corrected chi connectivity index (χ1v) is 7.56. The molecule has 0 fully saturated rings. The van der Waals surface area contributed by atoms with Gasteiger partial charge in [-0.2, -0.15) is 0 Å². The lowest BCUT2D eigenvalue weighted by Crippen LogP contribution is -2.36. The van der Waals surface area contributed by atoms with Gasteiger partial charge in [-0.05, 0) is 33.3 Å². The van der Waals surface area contributed by atoms with Crippen LogP contribution in [-0.2, 0) is 11.3 Å². The molecule has 0 aliphatic heterocycles. The number of esters is 1. The number of hydrogen-bond acceptors (Lipinski definition) is 4. The summed E-state index contributed by atoms with van der Waals surface area (Å²) in [5, 5.41) is 2.92. The third-order valence-corrected chi connectivity index (χ3v) is 3.57. The maximum absolute atomic E-state index is 12.4. The zero-order chi connectivity index (χ0) is 17.0. The Hall–Kier alpha value is -2.57. The van der Waals surface area contributed by atoms with Crippen molar-refractivity contribution in [2.45, 2.75) is 40.3 Å². The molecule has 2 aromatic rings. The van der Waals surface area contributed by atoms with E-state index < -0.39 is 5.97 Å². The van der Waals surface area contributed by atoms with Crippen molar-refractivity contribution in [3.05, 3.63) is 41.2 Å². The van der Waals surface area contributed by atoms with E-state index in [9.17, 15) is 9.59 Å². The number of aryl methyl sites for hydroxylation is 1. The third kappa shape index (κ3) is 3.80. The molecule has 0 radical (unpaired) electrons. The monoisotopic (exact) mass is 318 g/mol. The highest BCUT2D eigenvalue weighted by molar-refractivity contribution is 6.00. The van der Waals surface area contributed by atoms with Crippen LogP contribution in [-0.4, -0.2) is 39.1 Å². The van der Waals surface area contributed by atoms with Gasteiger partial charge >= 0.3 is 5.97 Å². The molecule has 7 nitrogen and oxygen atoms in total. The van der Waals surface area contributed by atoms with E-state index >= 15 is 0 Å². The highest BCUT2D eigenvalue weighted by atomic mass is 16.5. The number of H-pyrrole nitrogens is 1. The first-order chi connectivity index (χ1) is 10.9. The Morgan fingerprint density at radius 3 is 2.78 bits per heavy atom. The van der Waals surface area contributed by atoms with E-state index in [1.165, 1.54) is 0 Å². The molecule has 1 amide bonds. The van der Waals surface area contributed by atoms with Crippen LogP contribution in [0.5, 0.6) is 0 Å². The largest absolute Gasteiger partial charge is 0.462 e. The maximum atomic E-state index is 12.4. The third-order valence-electron chi connectivity index (χ3n) is 3.57. The molecule has 0 aromatic carbocycles. The van der Waals surface area contributed by atoms with Crippen molar-refractivity contribution < 1.29 is 14.3 Å². The van der Waals surface area contributed by atoms with E-state index in [1.54, 1.807) is 33.3 Å². The number of nitrogens with zero attached hydrogens (tertiary/aromatic N) is 2. The van der Waals surface area contributed by atoms with Crippen LogP contribution in [0.4, 0.5) is 0 Å². The highest BCUT2D eigenvalue weighted by Crippen LogP contribution is 2.19. The molecule has 0 saturated heterocycles. The van der Waals surface area contributed by atoms with Crippen molar-refractivity contribution in [1.29, 1.82) is 0 Å². The Labute approximate surface area is 135 Å². The molecule has 124 valence electrons. The lowest BCUT2D eigenvalue weighted by molar-refractivity contribution is 0.0525. The van der Waals surface area contributed by atoms with Gasteiger partial charge < -0.3 is 19.6 Å². The van der Waals surface area contributed by atoms with Crippen molar-refractivity contribution in [2.75, 3.05) is 6.61 Å². The minimum absolute atomic E-state index is 0.0780. The first-order valence-electron chi connectivity index (χ1n) is 7.56. The topological polar surface area (TPSA) is 89.0 Å². The van der Waals surface area contributed by atoms with Gasteiger partial charge in [0.25, 0.3) is 5.91 Å². The van der Waals surface area contributed by atoms with Gasteiger partial charge in [0.1, 0.15) is 5.69 Å². The molecule has 0 spiro atoms. The van der Waals surface area contributed by atoms with Crippen LogP contribution in [0.3, 0.4) is 0 Å². The Morgan fingerprint density at radius 1 is 1.43 bits per heavy atom. The minimum atomic E-state index is -0.413. The molecule has 0 aliphatic rings. The molecule has 0 saturated carbocycles. The summed E-state index contributed by atoms with van der Waals surface area (Å²) in [6.07, 6.45) is 5.23. The van der Waals surface area contributed by atoms with Crippen molar-refractivity contribution >= 4 is 11.9 Å². The number of carbonyl (C=O) groups excluding carboxylic acids is 2. The molecule has 2 N–H and O–H groups in total. The van der Waals surface area contributed by atoms with Gasteiger partial charge in [-0.1, -0.05) is 0 Å². The van der Waals surface area contributed by atoms with Crippen molar-refractivity contribution in [3.8, 4) is 0 Å². The molecule has 7 heteroatoms. The maximum Gasteiger partial charge on any atom is 0.340 e. The molecular formula is C16H22N4O3. The van der Waals surface area contributed by atoms with Gasteiger partial charge in [0.05, 0.1) is 18.5 Å². The summed E-state index contributed by atoms with van der Waals surface area (Å²) in [7, 11) is 0. The van der Waals surface area contributed by atoms with E-state index in [1.807, 2.05) is 17.7 Å². The van der Waals surface area contributed by atoms with Crippen LogP contribution in [0.15, 0.2) is 18.7 Å². The van der Waals surface area contributed by atoms with E-state index in [0.29, 0.717) is 35.7 Å². The molecule has 2 aromatic heterocycles. The van der Waals surface area contributed by atoms with E-state index in [-0.39, 0.29) is 11.9 Å². The molecular weight excluding hydrogens is 296 g/mol. The number of amides is 1. The standard InChI is InChI=1S/C16H22N4O3/c1-5-23-16(22)13-11(3)14(19-12(13)4)15(21)18-10(2)8-20-7-6-17-9-20/h6-7,9-10,19H,5,8H2,1-4H3,(H,18,21)/t10-/m1/s1. The number of aromatic nitrogens is 3. The summed E-state index contributed by atoms with van der Waals surface area (Å²) in [6, 6.07) is -0.0780. The second-order valence-corrected chi connectivity index (χ2v) is 5.48. The molecule has 0 aliphatic carbocycles. The average Bonchev–Trinajstić information content (AvgIpc) is 3.07. The summed E-state index contributed by atoms with van der Waals surface area (Å²) in [6.45, 7) is 8.08. The number of ether oxygens (including phenoxy) is 1. The summed E-state index contributed by atoms with van der Waals surface area (Å²) < 4.78 is 6.92. The highest BCUT2D eigenvalue weighted by Gasteiger charge is 2.23.